The van der Waals surface area contributed by atoms with E-state index in [0.717, 1.165) is 5.01 Å². The van der Waals surface area contributed by atoms with E-state index in [4.69, 9.17) is 0 Å². The number of carbonyl (C=O) groups excluding carboxylic acids is 1. The smallest absolute Gasteiger partial charge is 0.201 e. The zero-order valence-electron chi connectivity index (χ0n) is 9.29. The summed E-state index contributed by atoms with van der Waals surface area (Å²) >= 11 is 1.51. The first-order valence-electron chi connectivity index (χ1n) is 4.50. The lowest BCUT2D eigenvalue weighted by Gasteiger charge is -2.29. The molecule has 0 radical (unpaired) electrons. The van der Waals surface area contributed by atoms with Gasteiger partial charge in [0.1, 0.15) is 5.69 Å². The number of rotatable bonds is 3. The Morgan fingerprint density at radius 2 is 2.07 bits per heavy atom. The van der Waals surface area contributed by atoms with Crippen molar-refractivity contribution in [2.24, 2.45) is 0 Å². The maximum absolute atomic E-state index is 12.0. The number of hydrogen-bond acceptors (Lipinski definition) is 4. The predicted octanol–water partition coefficient (Wildman–Crippen LogP) is 1.97. The number of ketones is 1. The van der Waals surface area contributed by atoms with Gasteiger partial charge in [0, 0.05) is 5.38 Å². The monoisotopic (exact) mass is 212 g/mol. The van der Waals surface area contributed by atoms with Gasteiger partial charge in [-0.05, 0) is 34.9 Å². The molecule has 0 fully saturated rings. The number of hydrogen-bond donors (Lipinski definition) is 0. The second-order valence-electron chi connectivity index (χ2n) is 4.03. The van der Waals surface area contributed by atoms with E-state index >= 15 is 0 Å². The van der Waals surface area contributed by atoms with Crippen LogP contribution in [-0.4, -0.2) is 35.3 Å². The van der Waals surface area contributed by atoms with Crippen LogP contribution in [0, 0.1) is 6.92 Å². The van der Waals surface area contributed by atoms with Crippen LogP contribution in [0.1, 0.15) is 29.3 Å². The zero-order valence-corrected chi connectivity index (χ0v) is 10.1. The Hall–Kier alpha value is -0.740. The first-order chi connectivity index (χ1) is 6.35. The highest BCUT2D eigenvalue weighted by atomic mass is 32.1. The Bertz CT molecular complexity index is 342. The Morgan fingerprint density at radius 1 is 1.50 bits per heavy atom. The fraction of sp³-hybridized carbons (Fsp3) is 0.600. The van der Waals surface area contributed by atoms with Gasteiger partial charge < -0.3 is 0 Å². The minimum absolute atomic E-state index is 0.0758. The van der Waals surface area contributed by atoms with Crippen molar-refractivity contribution in [2.45, 2.75) is 26.3 Å². The molecule has 0 N–H and O–H groups in total. The van der Waals surface area contributed by atoms with E-state index in [2.05, 4.69) is 4.98 Å². The summed E-state index contributed by atoms with van der Waals surface area (Å²) in [7, 11) is 3.80. The fourth-order valence-electron chi connectivity index (χ4n) is 0.984. The maximum atomic E-state index is 12.0. The van der Waals surface area contributed by atoms with Crippen LogP contribution in [0.15, 0.2) is 5.38 Å². The normalized spacial score (nSPS) is 12.1. The van der Waals surface area contributed by atoms with E-state index in [9.17, 15) is 4.79 Å². The third-order valence-electron chi connectivity index (χ3n) is 2.53. The van der Waals surface area contributed by atoms with E-state index in [1.54, 1.807) is 0 Å². The molecule has 3 nitrogen and oxygen atoms in total. The number of carbonyl (C=O) groups is 1. The lowest BCUT2D eigenvalue weighted by molar-refractivity contribution is 0.0750. The van der Waals surface area contributed by atoms with Crippen molar-refractivity contribution in [1.82, 2.24) is 9.88 Å². The Kier molecular flexibility index (Phi) is 3.07. The first-order valence-corrected chi connectivity index (χ1v) is 5.38. The molecule has 0 atom stereocenters. The van der Waals surface area contributed by atoms with Crippen molar-refractivity contribution in [1.29, 1.82) is 0 Å². The standard InChI is InChI=1S/C10H16N2OS/c1-7-11-8(6-14-7)9(13)10(2,3)12(4)5/h6H,1-5H3. The fourth-order valence-corrected chi connectivity index (χ4v) is 1.58. The summed E-state index contributed by atoms with van der Waals surface area (Å²) in [5.41, 5.74) is 0.0896. The zero-order chi connectivity index (χ0) is 10.9. The number of aryl methyl sites for hydroxylation is 1. The molecule has 1 aromatic heterocycles. The Balaban J connectivity index is 2.96. The topological polar surface area (TPSA) is 33.2 Å². The van der Waals surface area contributed by atoms with Gasteiger partial charge in [0.2, 0.25) is 5.78 Å². The summed E-state index contributed by atoms with van der Waals surface area (Å²) in [4.78, 5) is 18.1. The third-order valence-corrected chi connectivity index (χ3v) is 3.30. The Labute approximate surface area is 88.8 Å². The molecular formula is C10H16N2OS. The lowest BCUT2D eigenvalue weighted by atomic mass is 9.96. The maximum Gasteiger partial charge on any atom is 0.201 e. The van der Waals surface area contributed by atoms with E-state index < -0.39 is 5.54 Å². The lowest BCUT2D eigenvalue weighted by Crippen LogP contribution is -2.45. The molecule has 0 aliphatic heterocycles. The van der Waals surface area contributed by atoms with E-state index in [1.807, 2.05) is 45.1 Å². The van der Waals surface area contributed by atoms with Crippen LogP contribution in [0.5, 0.6) is 0 Å². The van der Waals surface area contributed by atoms with E-state index in [-0.39, 0.29) is 5.78 Å². The van der Waals surface area contributed by atoms with Gasteiger partial charge in [-0.25, -0.2) is 4.98 Å². The van der Waals surface area contributed by atoms with Gasteiger partial charge in [-0.1, -0.05) is 0 Å². The molecule has 0 amide bonds. The Morgan fingerprint density at radius 3 is 2.43 bits per heavy atom. The second kappa shape index (κ2) is 3.79. The summed E-state index contributed by atoms with van der Waals surface area (Å²) < 4.78 is 0. The molecule has 1 rings (SSSR count). The summed E-state index contributed by atoms with van der Waals surface area (Å²) in [6.07, 6.45) is 0. The van der Waals surface area contributed by atoms with Gasteiger partial charge in [0.05, 0.1) is 10.5 Å². The van der Waals surface area contributed by atoms with Crippen LogP contribution >= 0.6 is 11.3 Å². The predicted molar refractivity (Wildman–Crippen MR) is 58.9 cm³/mol. The molecule has 1 aromatic rings. The molecule has 0 saturated carbocycles. The van der Waals surface area contributed by atoms with E-state index in [1.165, 1.54) is 11.3 Å². The van der Waals surface area contributed by atoms with Crippen LogP contribution in [-0.2, 0) is 0 Å². The van der Waals surface area contributed by atoms with Crippen LogP contribution in [0.2, 0.25) is 0 Å². The molecule has 0 aromatic carbocycles. The van der Waals surface area contributed by atoms with Gasteiger partial charge in [-0.15, -0.1) is 11.3 Å². The second-order valence-corrected chi connectivity index (χ2v) is 5.10. The quantitative estimate of drug-likeness (QED) is 0.718. The molecule has 0 spiro atoms. The third kappa shape index (κ3) is 2.01. The molecule has 14 heavy (non-hydrogen) atoms. The van der Waals surface area contributed by atoms with Crippen LogP contribution in [0.3, 0.4) is 0 Å². The van der Waals surface area contributed by atoms with E-state index in [0.29, 0.717) is 5.69 Å². The number of Topliss-reactive ketones (excluding diaryl/α,β-unsaturated/α-hetero) is 1. The number of nitrogens with zero attached hydrogens (tertiary/aromatic N) is 2. The summed E-state index contributed by atoms with van der Waals surface area (Å²) in [6, 6.07) is 0. The van der Waals surface area contributed by atoms with Gasteiger partial charge >= 0.3 is 0 Å². The van der Waals surface area contributed by atoms with Crippen molar-refractivity contribution in [3.05, 3.63) is 16.1 Å². The number of likely N-dealkylation sites (N-methyl/N-ethyl adjacent to an activating group) is 1. The number of aromatic nitrogens is 1. The van der Waals surface area contributed by atoms with Crippen molar-refractivity contribution >= 4 is 17.1 Å². The summed E-state index contributed by atoms with van der Waals surface area (Å²) in [6.45, 7) is 5.72. The molecule has 0 bridgehead atoms. The molecule has 1 heterocycles. The van der Waals surface area contributed by atoms with Crippen molar-refractivity contribution in [3.8, 4) is 0 Å². The molecule has 0 aliphatic rings. The average molecular weight is 212 g/mol. The minimum atomic E-state index is -0.486. The molecule has 0 unspecified atom stereocenters. The van der Waals surface area contributed by atoms with Crippen molar-refractivity contribution < 1.29 is 4.79 Å². The van der Waals surface area contributed by atoms with Gasteiger partial charge in [0.15, 0.2) is 0 Å². The summed E-state index contributed by atoms with van der Waals surface area (Å²) in [5.74, 6) is 0.0758. The molecule has 0 aliphatic carbocycles. The van der Waals surface area contributed by atoms with Gasteiger partial charge in [0.25, 0.3) is 0 Å². The molecule has 0 saturated heterocycles. The SMILES string of the molecule is Cc1nc(C(=O)C(C)(C)N(C)C)cs1. The van der Waals surface area contributed by atoms with Crippen molar-refractivity contribution in [2.75, 3.05) is 14.1 Å². The summed E-state index contributed by atoms with van der Waals surface area (Å²) in [5, 5.41) is 2.76. The van der Waals surface area contributed by atoms with Crippen LogP contribution in [0.25, 0.3) is 0 Å². The largest absolute Gasteiger partial charge is 0.297 e. The highest BCUT2D eigenvalue weighted by Crippen LogP contribution is 2.19. The highest BCUT2D eigenvalue weighted by molar-refractivity contribution is 7.09. The number of thiazole rings is 1. The van der Waals surface area contributed by atoms with Gasteiger partial charge in [-0.2, -0.15) is 0 Å². The minimum Gasteiger partial charge on any atom is -0.297 e. The molecular weight excluding hydrogens is 196 g/mol. The van der Waals surface area contributed by atoms with Crippen molar-refractivity contribution in [3.63, 3.8) is 0 Å². The first kappa shape index (κ1) is 11.3. The van der Waals surface area contributed by atoms with Crippen LogP contribution in [0.4, 0.5) is 0 Å². The van der Waals surface area contributed by atoms with Crippen LogP contribution < -0.4 is 0 Å². The van der Waals surface area contributed by atoms with Gasteiger partial charge in [-0.3, -0.25) is 9.69 Å². The average Bonchev–Trinajstić information content (AvgIpc) is 2.50. The molecule has 4 heteroatoms. The highest BCUT2D eigenvalue weighted by Gasteiger charge is 2.32. The molecule has 78 valence electrons.